The largest absolute Gasteiger partial charge is 0.379 e. The van der Waals surface area contributed by atoms with Crippen LogP contribution >= 0.6 is 0 Å². The summed E-state index contributed by atoms with van der Waals surface area (Å²) in [5.74, 6) is 0. The molecule has 0 saturated heterocycles. The first-order chi connectivity index (χ1) is 7.65. The summed E-state index contributed by atoms with van der Waals surface area (Å²) in [4.78, 5) is 0. The van der Waals surface area contributed by atoms with Crippen molar-refractivity contribution in [2.75, 3.05) is 13.2 Å². The van der Waals surface area contributed by atoms with Crippen molar-refractivity contribution in [3.05, 3.63) is 34.9 Å². The third-order valence-corrected chi connectivity index (χ3v) is 2.90. The maximum atomic E-state index is 6.07. The van der Waals surface area contributed by atoms with Crippen LogP contribution in [0.5, 0.6) is 0 Å². The van der Waals surface area contributed by atoms with Crippen LogP contribution in [0, 0.1) is 13.8 Å². The molecule has 2 nitrogen and oxygen atoms in total. The molecule has 0 radical (unpaired) electrons. The van der Waals surface area contributed by atoms with Gasteiger partial charge in [0.1, 0.15) is 0 Å². The molecule has 1 unspecified atom stereocenters. The molecule has 1 rings (SSSR count). The van der Waals surface area contributed by atoms with E-state index in [0.717, 1.165) is 13.0 Å². The highest BCUT2D eigenvalue weighted by Gasteiger charge is 2.06. The zero-order chi connectivity index (χ0) is 12.0. The topological polar surface area (TPSA) is 35.2 Å². The maximum Gasteiger partial charge on any atom is 0.0659 e. The van der Waals surface area contributed by atoms with Crippen LogP contribution < -0.4 is 5.73 Å². The Morgan fingerprint density at radius 1 is 1.25 bits per heavy atom. The van der Waals surface area contributed by atoms with E-state index in [1.54, 1.807) is 0 Å². The highest BCUT2D eigenvalue weighted by molar-refractivity contribution is 5.31. The van der Waals surface area contributed by atoms with Gasteiger partial charge in [0.05, 0.1) is 12.6 Å². The number of ether oxygens (including phenoxy) is 1. The lowest BCUT2D eigenvalue weighted by Gasteiger charge is -2.14. The Bertz CT molecular complexity index is 323. The first kappa shape index (κ1) is 13.2. The number of hydrogen-bond acceptors (Lipinski definition) is 2. The molecule has 0 aliphatic rings. The van der Waals surface area contributed by atoms with Crippen molar-refractivity contribution in [3.8, 4) is 0 Å². The van der Waals surface area contributed by atoms with Gasteiger partial charge < -0.3 is 10.5 Å². The summed E-state index contributed by atoms with van der Waals surface area (Å²) in [5.41, 5.74) is 9.84. The molecule has 0 spiro atoms. The first-order valence-electron chi connectivity index (χ1n) is 6.05. The predicted molar refractivity (Wildman–Crippen MR) is 68.6 cm³/mol. The van der Waals surface area contributed by atoms with E-state index in [1.165, 1.54) is 23.1 Å². The van der Waals surface area contributed by atoms with Crippen molar-refractivity contribution in [1.82, 2.24) is 0 Å². The summed E-state index contributed by atoms with van der Waals surface area (Å²) in [6.45, 7) is 7.82. The Hall–Kier alpha value is -0.860. The molecule has 0 bridgehead atoms. The van der Waals surface area contributed by atoms with Crippen molar-refractivity contribution in [1.29, 1.82) is 0 Å². The third kappa shape index (κ3) is 3.95. The van der Waals surface area contributed by atoms with E-state index < -0.39 is 0 Å². The normalized spacial score (nSPS) is 12.8. The zero-order valence-electron chi connectivity index (χ0n) is 10.6. The van der Waals surface area contributed by atoms with Gasteiger partial charge in [-0.3, -0.25) is 0 Å². The number of benzene rings is 1. The van der Waals surface area contributed by atoms with Gasteiger partial charge in [-0.1, -0.05) is 31.5 Å². The molecule has 90 valence electrons. The Morgan fingerprint density at radius 3 is 2.62 bits per heavy atom. The standard InChI is InChI=1S/C14H23NO/c1-4-5-8-16-10-14(15)13-7-6-11(2)12(3)9-13/h6-7,9,14H,4-5,8,10,15H2,1-3H3. The average molecular weight is 221 g/mol. The molecule has 1 atom stereocenters. The highest BCUT2D eigenvalue weighted by atomic mass is 16.5. The zero-order valence-corrected chi connectivity index (χ0v) is 10.6. The maximum absolute atomic E-state index is 6.07. The number of hydrogen-bond donors (Lipinski definition) is 1. The van der Waals surface area contributed by atoms with Gasteiger partial charge in [-0.2, -0.15) is 0 Å². The molecule has 0 amide bonds. The summed E-state index contributed by atoms with van der Waals surface area (Å²) in [6.07, 6.45) is 2.28. The lowest BCUT2D eigenvalue weighted by molar-refractivity contribution is 0.118. The van der Waals surface area contributed by atoms with Gasteiger partial charge in [-0.15, -0.1) is 0 Å². The fraction of sp³-hybridized carbons (Fsp3) is 0.571. The van der Waals surface area contributed by atoms with E-state index in [4.69, 9.17) is 10.5 Å². The smallest absolute Gasteiger partial charge is 0.0659 e. The van der Waals surface area contributed by atoms with Crippen LogP contribution in [0.2, 0.25) is 0 Å². The first-order valence-corrected chi connectivity index (χ1v) is 6.05. The van der Waals surface area contributed by atoms with Crippen LogP contribution in [0.1, 0.15) is 42.5 Å². The lowest BCUT2D eigenvalue weighted by Crippen LogP contribution is -2.17. The SMILES string of the molecule is CCCCOCC(N)c1ccc(C)c(C)c1. The van der Waals surface area contributed by atoms with Gasteiger partial charge in [0, 0.05) is 6.61 Å². The Kier molecular flexibility index (Phi) is 5.50. The van der Waals surface area contributed by atoms with Crippen LogP contribution in [-0.4, -0.2) is 13.2 Å². The van der Waals surface area contributed by atoms with Crippen LogP contribution in [0.25, 0.3) is 0 Å². The minimum absolute atomic E-state index is 0.00356. The summed E-state index contributed by atoms with van der Waals surface area (Å²) < 4.78 is 5.54. The number of aryl methyl sites for hydroxylation is 2. The molecular weight excluding hydrogens is 198 g/mol. The van der Waals surface area contributed by atoms with Gasteiger partial charge in [-0.25, -0.2) is 0 Å². The molecule has 0 saturated carbocycles. The van der Waals surface area contributed by atoms with E-state index in [-0.39, 0.29) is 6.04 Å². The average Bonchev–Trinajstić information content (AvgIpc) is 2.28. The molecule has 0 fully saturated rings. The van der Waals surface area contributed by atoms with E-state index >= 15 is 0 Å². The molecule has 0 aliphatic carbocycles. The molecule has 0 aromatic heterocycles. The second-order valence-corrected chi connectivity index (χ2v) is 4.38. The summed E-state index contributed by atoms with van der Waals surface area (Å²) in [6, 6.07) is 6.37. The highest BCUT2D eigenvalue weighted by Crippen LogP contribution is 2.15. The van der Waals surface area contributed by atoms with Crippen LogP contribution in [0.4, 0.5) is 0 Å². The Labute approximate surface area is 98.8 Å². The van der Waals surface area contributed by atoms with E-state index in [0.29, 0.717) is 6.61 Å². The minimum atomic E-state index is -0.00356. The van der Waals surface area contributed by atoms with Crippen molar-refractivity contribution in [2.24, 2.45) is 5.73 Å². The molecule has 1 aromatic rings. The molecular formula is C14H23NO. The summed E-state index contributed by atoms with van der Waals surface area (Å²) in [5, 5.41) is 0. The van der Waals surface area contributed by atoms with Crippen LogP contribution in [-0.2, 0) is 4.74 Å². The van der Waals surface area contributed by atoms with Crippen molar-refractivity contribution in [3.63, 3.8) is 0 Å². The predicted octanol–water partition coefficient (Wildman–Crippen LogP) is 3.12. The molecule has 16 heavy (non-hydrogen) atoms. The Morgan fingerprint density at radius 2 is 2.00 bits per heavy atom. The molecule has 2 heteroatoms. The molecule has 2 N–H and O–H groups in total. The minimum Gasteiger partial charge on any atom is -0.379 e. The van der Waals surface area contributed by atoms with Gasteiger partial charge in [-0.05, 0) is 37.0 Å². The third-order valence-electron chi connectivity index (χ3n) is 2.90. The number of unbranched alkanes of at least 4 members (excludes halogenated alkanes) is 1. The van der Waals surface area contributed by atoms with Crippen molar-refractivity contribution in [2.45, 2.75) is 39.7 Å². The van der Waals surface area contributed by atoms with Gasteiger partial charge in [0.15, 0.2) is 0 Å². The van der Waals surface area contributed by atoms with E-state index in [9.17, 15) is 0 Å². The van der Waals surface area contributed by atoms with Gasteiger partial charge in [0.25, 0.3) is 0 Å². The van der Waals surface area contributed by atoms with Crippen LogP contribution in [0.15, 0.2) is 18.2 Å². The van der Waals surface area contributed by atoms with Crippen LogP contribution in [0.3, 0.4) is 0 Å². The van der Waals surface area contributed by atoms with E-state index in [2.05, 4.69) is 39.0 Å². The van der Waals surface area contributed by atoms with Gasteiger partial charge >= 0.3 is 0 Å². The molecule has 0 aliphatic heterocycles. The fourth-order valence-electron chi connectivity index (χ4n) is 1.55. The van der Waals surface area contributed by atoms with Gasteiger partial charge in [0.2, 0.25) is 0 Å². The summed E-state index contributed by atoms with van der Waals surface area (Å²) >= 11 is 0. The molecule has 0 heterocycles. The lowest BCUT2D eigenvalue weighted by atomic mass is 10.0. The molecule has 1 aromatic carbocycles. The fourth-order valence-corrected chi connectivity index (χ4v) is 1.55. The number of rotatable bonds is 6. The number of nitrogens with two attached hydrogens (primary N) is 1. The Balaban J connectivity index is 2.46. The quantitative estimate of drug-likeness (QED) is 0.749. The van der Waals surface area contributed by atoms with E-state index in [1.807, 2.05) is 0 Å². The monoisotopic (exact) mass is 221 g/mol. The van der Waals surface area contributed by atoms with Crippen molar-refractivity contribution < 1.29 is 4.74 Å². The van der Waals surface area contributed by atoms with Crippen molar-refractivity contribution >= 4 is 0 Å². The second kappa shape index (κ2) is 6.66. The summed E-state index contributed by atoms with van der Waals surface area (Å²) in [7, 11) is 0. The second-order valence-electron chi connectivity index (χ2n) is 4.38.